The van der Waals surface area contributed by atoms with E-state index in [9.17, 15) is 32.4 Å². The van der Waals surface area contributed by atoms with Crippen LogP contribution in [0.1, 0.15) is 114 Å². The highest BCUT2D eigenvalue weighted by Gasteiger charge is 2.48. The summed E-state index contributed by atoms with van der Waals surface area (Å²) >= 11 is 3.47. The molecule has 2 aliphatic carbocycles. The second kappa shape index (κ2) is 20.0. The van der Waals surface area contributed by atoms with Gasteiger partial charge in [-0.25, -0.2) is 17.7 Å². The van der Waals surface area contributed by atoms with Crippen molar-refractivity contribution in [3.05, 3.63) is 69.3 Å². The highest BCUT2D eigenvalue weighted by atomic mass is 79.9. The maximum atomic E-state index is 13.5. The number of primary amides is 1. The molecule has 348 valence electrons. The van der Waals surface area contributed by atoms with Crippen LogP contribution in [-0.4, -0.2) is 132 Å². The van der Waals surface area contributed by atoms with Gasteiger partial charge < -0.3 is 30.7 Å². The minimum absolute atomic E-state index is 0.0146. The number of nitrogens with two attached hydrogens (primary N) is 1. The molecule has 4 N–H and O–H groups in total. The van der Waals surface area contributed by atoms with Crippen LogP contribution in [0.2, 0.25) is 0 Å². The van der Waals surface area contributed by atoms with E-state index in [1.807, 2.05) is 19.1 Å². The fourth-order valence-corrected chi connectivity index (χ4v) is 11.6. The van der Waals surface area contributed by atoms with Crippen LogP contribution in [0.15, 0.2) is 47.1 Å². The van der Waals surface area contributed by atoms with Gasteiger partial charge in [-0.05, 0) is 123 Å². The number of aryl methyl sites for hydroxylation is 1. The number of imide groups is 1. The average Bonchev–Trinajstić information content (AvgIpc) is 3.52. The minimum Gasteiger partial charge on any atom is -0.490 e. The van der Waals surface area contributed by atoms with Gasteiger partial charge in [0.1, 0.15) is 17.4 Å². The molecule has 8 rings (SSSR count). The van der Waals surface area contributed by atoms with E-state index in [4.69, 9.17) is 15.2 Å². The first-order chi connectivity index (χ1) is 31.2. The molecule has 2 saturated heterocycles. The number of halogens is 1. The zero-order valence-electron chi connectivity index (χ0n) is 36.7. The number of anilines is 3. The number of carbonyl (C=O) groups is 5. The highest BCUT2D eigenvalue weighted by molar-refractivity contribution is 9.10. The quantitative estimate of drug-likeness (QED) is 0.0826. The van der Waals surface area contributed by atoms with E-state index in [0.29, 0.717) is 65.8 Å². The summed E-state index contributed by atoms with van der Waals surface area (Å²) < 4.78 is 40.5. The van der Waals surface area contributed by atoms with Crippen molar-refractivity contribution in [1.29, 1.82) is 0 Å². The molecule has 4 fully saturated rings. The van der Waals surface area contributed by atoms with Gasteiger partial charge in [0, 0.05) is 51.4 Å². The molecule has 3 aliphatic heterocycles. The zero-order valence-corrected chi connectivity index (χ0v) is 39.1. The third-order valence-electron chi connectivity index (χ3n) is 13.5. The van der Waals surface area contributed by atoms with E-state index in [2.05, 4.69) is 41.4 Å². The largest absolute Gasteiger partial charge is 0.490 e. The predicted molar refractivity (Wildman–Crippen MR) is 246 cm³/mol. The number of carbonyl (C=O) groups excluding carboxylic acids is 5. The van der Waals surface area contributed by atoms with Gasteiger partial charge in [0.15, 0.2) is 5.78 Å². The lowest BCUT2D eigenvalue weighted by Crippen LogP contribution is -2.58. The number of rotatable bonds is 18. The number of amides is 3. The number of nitrogens with zero attached hydrogens (tertiary/aromatic N) is 5. The van der Waals surface area contributed by atoms with Crippen LogP contribution in [0.3, 0.4) is 0 Å². The molecule has 1 aromatic heterocycles. The van der Waals surface area contributed by atoms with Gasteiger partial charge in [0.2, 0.25) is 16.0 Å². The number of nitrogens with one attached hydrogen (secondary N) is 2. The summed E-state index contributed by atoms with van der Waals surface area (Å²) in [5.74, 6) is -0.930. The molecule has 65 heavy (non-hydrogen) atoms. The van der Waals surface area contributed by atoms with Crippen molar-refractivity contribution in [3.63, 3.8) is 0 Å². The van der Waals surface area contributed by atoms with Crippen LogP contribution < -0.4 is 21.1 Å². The van der Waals surface area contributed by atoms with Crippen molar-refractivity contribution in [2.24, 2.45) is 11.1 Å². The Bertz CT molecular complexity index is 2430. The summed E-state index contributed by atoms with van der Waals surface area (Å²) in [4.78, 5) is 75.7. The maximum Gasteiger partial charge on any atom is 0.266 e. The summed E-state index contributed by atoms with van der Waals surface area (Å²) in [5, 5.41) is 6.51. The van der Waals surface area contributed by atoms with Crippen LogP contribution in [-0.2, 0) is 24.3 Å². The molecular formula is C46H57BrN8O9S. The number of hydrogen-bond donors (Lipinski definition) is 3. The summed E-state index contributed by atoms with van der Waals surface area (Å²) in [6.07, 6.45) is 9.51. The molecule has 1 unspecified atom stereocenters. The maximum absolute atomic E-state index is 13.5. The minimum atomic E-state index is -3.46. The Morgan fingerprint density at radius 2 is 1.71 bits per heavy atom. The van der Waals surface area contributed by atoms with Gasteiger partial charge in [-0.3, -0.25) is 28.9 Å². The topological polar surface area (TPSA) is 224 Å². The summed E-state index contributed by atoms with van der Waals surface area (Å²) in [6.45, 7) is 6.37. The number of piperidine rings is 1. The number of ether oxygens (including phenoxy) is 2. The van der Waals surface area contributed by atoms with Crippen molar-refractivity contribution in [2.75, 3.05) is 62.3 Å². The zero-order chi connectivity index (χ0) is 45.9. The van der Waals surface area contributed by atoms with Crippen molar-refractivity contribution >= 4 is 72.7 Å². The van der Waals surface area contributed by atoms with Crippen LogP contribution in [0, 0.1) is 12.3 Å². The molecule has 1 spiro atoms. The lowest BCUT2D eigenvalue weighted by Gasteiger charge is -2.53. The number of benzene rings is 2. The molecule has 4 heterocycles. The molecule has 3 amide bonds. The summed E-state index contributed by atoms with van der Waals surface area (Å²) in [6, 6.07) is 9.51. The number of hydrogen-bond acceptors (Lipinski definition) is 14. The van der Waals surface area contributed by atoms with E-state index in [0.717, 1.165) is 75.0 Å². The first-order valence-corrected chi connectivity index (χ1v) is 25.1. The van der Waals surface area contributed by atoms with Gasteiger partial charge in [-0.2, -0.15) is 4.98 Å². The van der Waals surface area contributed by atoms with E-state index in [1.54, 1.807) is 30.5 Å². The predicted octanol–water partition coefficient (Wildman–Crippen LogP) is 5.39. The first kappa shape index (κ1) is 46.7. The van der Waals surface area contributed by atoms with E-state index >= 15 is 0 Å². The second-order valence-electron chi connectivity index (χ2n) is 18.1. The first-order valence-electron chi connectivity index (χ1n) is 22.7. The van der Waals surface area contributed by atoms with Gasteiger partial charge in [-0.15, -0.1) is 0 Å². The Hall–Kier alpha value is -4.82. The van der Waals surface area contributed by atoms with E-state index in [1.165, 1.54) is 4.31 Å². The number of fused-ring (bicyclic) bond motifs is 1. The van der Waals surface area contributed by atoms with Crippen LogP contribution in [0.25, 0.3) is 0 Å². The van der Waals surface area contributed by atoms with Crippen LogP contribution in [0.4, 0.5) is 17.5 Å². The van der Waals surface area contributed by atoms with Gasteiger partial charge in [0.05, 0.1) is 57.8 Å². The molecule has 1 atom stereocenters. The van der Waals surface area contributed by atoms with Gasteiger partial charge in [-0.1, -0.05) is 18.2 Å². The molecule has 0 bridgehead atoms. The van der Waals surface area contributed by atoms with Crippen molar-refractivity contribution in [1.82, 2.24) is 24.1 Å². The number of aromatic nitrogens is 2. The third-order valence-corrected chi connectivity index (χ3v) is 15.9. The normalized spacial score (nSPS) is 20.8. The third kappa shape index (κ3) is 10.6. The SMILES string of the molecule is Cc1cccc(Nc2nc(NC3CCN(S(=O)(=O)CCOCCCCCN4CC5(CCC(Oc6cccc7c6C(=O)N(C6CCC(=O)CC6=O)C7=O)CC5)C4)CC3)ncc2Br)c1C(N)=O. The molecule has 2 saturated carbocycles. The standard InChI is InChI=1S/C46H57BrN8O9S/c1-29-7-5-9-35(39(29)41(48)58)51-42-34(47)26-49-45(52-42)50-30-15-20-54(21-16-30)65(61,62)24-23-63-22-4-2-3-19-53-27-46(28-53)17-13-32(14-18-46)64-38-10-6-8-33-40(38)44(60)55(43(33)59)36-12-11-31(56)25-37(36)57/h5-10,26,30,32,36H,2-4,11-25,27-28H2,1H3,(H2,48,58)(H2,49,50,51,52). The number of unbranched alkanes of at least 4 members (excludes halogenated alkanes) is 2. The van der Waals surface area contributed by atoms with Crippen LogP contribution in [0.5, 0.6) is 5.75 Å². The number of Topliss-reactive ketones (excluding diaryl/α,β-unsaturated/α-hetero) is 2. The average molecular weight is 978 g/mol. The Morgan fingerprint density at radius 1 is 0.954 bits per heavy atom. The Balaban J connectivity index is 0.681. The van der Waals surface area contributed by atoms with Crippen molar-refractivity contribution < 1.29 is 41.9 Å². The van der Waals surface area contributed by atoms with Crippen molar-refractivity contribution in [2.45, 2.75) is 102 Å². The second-order valence-corrected chi connectivity index (χ2v) is 21.0. The molecule has 19 heteroatoms. The van der Waals surface area contributed by atoms with Crippen LogP contribution >= 0.6 is 15.9 Å². The Labute approximate surface area is 387 Å². The fourth-order valence-electron chi connectivity index (χ4n) is 9.99. The Morgan fingerprint density at radius 3 is 2.45 bits per heavy atom. The molecule has 5 aliphatic rings. The van der Waals surface area contributed by atoms with E-state index in [-0.39, 0.29) is 71.9 Å². The van der Waals surface area contributed by atoms with E-state index < -0.39 is 33.8 Å². The highest BCUT2D eigenvalue weighted by Crippen LogP contribution is 2.45. The molecule has 2 aromatic carbocycles. The fraction of sp³-hybridized carbons (Fsp3) is 0.543. The molecule has 0 radical (unpaired) electrons. The molecule has 17 nitrogen and oxygen atoms in total. The number of likely N-dealkylation sites (tertiary alicyclic amines) is 1. The van der Waals surface area contributed by atoms with Gasteiger partial charge >= 0.3 is 0 Å². The monoisotopic (exact) mass is 976 g/mol. The summed E-state index contributed by atoms with van der Waals surface area (Å²) in [7, 11) is -3.46. The lowest BCUT2D eigenvalue weighted by molar-refractivity contribution is -0.132. The molecule has 3 aromatic rings. The number of sulfonamides is 1. The van der Waals surface area contributed by atoms with Crippen molar-refractivity contribution in [3.8, 4) is 5.75 Å². The van der Waals surface area contributed by atoms with Gasteiger partial charge in [0.25, 0.3) is 17.7 Å². The number of ketones is 2. The molecular weight excluding hydrogens is 921 g/mol. The summed E-state index contributed by atoms with van der Waals surface area (Å²) in [5.41, 5.74) is 8.03. The smallest absolute Gasteiger partial charge is 0.266 e. The lowest BCUT2D eigenvalue weighted by atomic mass is 9.68. The Kier molecular flexibility index (Phi) is 14.3.